The van der Waals surface area contributed by atoms with E-state index in [0.717, 1.165) is 30.6 Å². The SMILES string of the molecule is C[C@H](NC(=O)C(CCCc1ccccc1)CC(=O)NO)C(=O)N[C@@H](CCCCN)C(=O)NCC(=O)NCC(=O)N[C@@H](CCCCNC(=O)CCCC[C@@H]1SC[C@@H]2NC(=O)N[C@@H]21)C(N)=O. The summed E-state index contributed by atoms with van der Waals surface area (Å²) in [5.41, 5.74) is 13.7. The van der Waals surface area contributed by atoms with E-state index in [0.29, 0.717) is 69.7 Å². The maximum absolute atomic E-state index is 13.2. The first-order chi connectivity index (χ1) is 30.7. The number of primary amides is 1. The quantitative estimate of drug-likeness (QED) is 0.0182. The van der Waals surface area contributed by atoms with E-state index in [1.165, 1.54) is 12.4 Å². The fourth-order valence-corrected chi connectivity index (χ4v) is 8.92. The third-order valence-corrected chi connectivity index (χ3v) is 12.5. The van der Waals surface area contributed by atoms with Crippen LogP contribution in [-0.2, 0) is 44.8 Å². The van der Waals surface area contributed by atoms with Gasteiger partial charge in [0.05, 0.1) is 25.2 Å². The number of unbranched alkanes of at least 4 members (excludes halogenated alkanes) is 3. The van der Waals surface area contributed by atoms with E-state index >= 15 is 0 Å². The highest BCUT2D eigenvalue weighted by Crippen LogP contribution is 2.33. The van der Waals surface area contributed by atoms with Crippen molar-refractivity contribution in [3.63, 3.8) is 0 Å². The van der Waals surface area contributed by atoms with Crippen molar-refractivity contribution in [3.05, 3.63) is 35.9 Å². The maximum atomic E-state index is 13.2. The molecule has 1 unspecified atom stereocenters. The van der Waals surface area contributed by atoms with Crippen LogP contribution in [0.2, 0.25) is 0 Å². The summed E-state index contributed by atoms with van der Waals surface area (Å²) in [6.45, 7) is 1.09. The first-order valence-corrected chi connectivity index (χ1v) is 23.1. The lowest BCUT2D eigenvalue weighted by Crippen LogP contribution is -2.54. The minimum absolute atomic E-state index is 0.0780. The van der Waals surface area contributed by atoms with Gasteiger partial charge in [-0.2, -0.15) is 11.8 Å². The average molecular weight is 918 g/mol. The van der Waals surface area contributed by atoms with Crippen LogP contribution < -0.4 is 59.5 Å². The Balaban J connectivity index is 1.34. The largest absolute Gasteiger partial charge is 0.368 e. The average Bonchev–Trinajstić information content (AvgIpc) is 3.83. The van der Waals surface area contributed by atoms with Crippen LogP contribution in [0.25, 0.3) is 0 Å². The van der Waals surface area contributed by atoms with E-state index in [-0.39, 0.29) is 43.3 Å². The van der Waals surface area contributed by atoms with Crippen LogP contribution in [0.4, 0.5) is 4.79 Å². The van der Waals surface area contributed by atoms with Gasteiger partial charge < -0.3 is 54.0 Å². The van der Waals surface area contributed by atoms with Crippen molar-refractivity contribution in [2.24, 2.45) is 17.4 Å². The zero-order valence-electron chi connectivity index (χ0n) is 36.5. The standard InChI is InChI=1S/C42H67N11O10S/c1-26(48-40(60)28(22-34(55)53-63)15-11-14-27-12-3-2-4-13-27)39(59)50-30(17-7-9-20-43)41(61)47-23-35(56)46-24-36(57)49-29(38(44)58)16-8-10-21-45-33(54)19-6-5-18-32-37-31(25-64-32)51-42(62)52-37/h2-4,12-13,26,28-32,37,63H,5-11,14-25,43H2,1H3,(H2,44,58)(H,45,54)(H,46,56)(H,47,61)(H,48,60)(H,49,57)(H,50,59)(H,53,55)(H2,51,52,62)/t26-,28?,29-,30-,31-,32-,37-/m0/s1. The summed E-state index contributed by atoms with van der Waals surface area (Å²) in [5.74, 6) is -4.92. The van der Waals surface area contributed by atoms with E-state index in [1.54, 1.807) is 0 Å². The van der Waals surface area contributed by atoms with E-state index < -0.39 is 78.5 Å². The Kier molecular flexibility index (Phi) is 24.0. The molecule has 2 saturated heterocycles. The van der Waals surface area contributed by atoms with E-state index in [9.17, 15) is 43.2 Å². The fraction of sp³-hybridized carbons (Fsp3) is 0.643. The highest BCUT2D eigenvalue weighted by Gasteiger charge is 2.42. The lowest BCUT2D eigenvalue weighted by Gasteiger charge is -2.23. The number of nitrogens with two attached hydrogens (primary N) is 2. The molecule has 14 N–H and O–H groups in total. The van der Waals surface area contributed by atoms with E-state index in [4.69, 9.17) is 16.7 Å². The molecule has 3 rings (SSSR count). The molecule has 21 nitrogen and oxygen atoms in total. The zero-order valence-corrected chi connectivity index (χ0v) is 37.4. The molecular weight excluding hydrogens is 851 g/mol. The van der Waals surface area contributed by atoms with Gasteiger partial charge in [-0.1, -0.05) is 36.8 Å². The van der Waals surface area contributed by atoms with Crippen molar-refractivity contribution in [3.8, 4) is 0 Å². The molecule has 22 heteroatoms. The summed E-state index contributed by atoms with van der Waals surface area (Å²) >= 11 is 1.84. The number of rotatable bonds is 31. The summed E-state index contributed by atoms with van der Waals surface area (Å²) in [7, 11) is 0. The normalized spacial score (nSPS) is 18.1. The van der Waals surface area contributed by atoms with Crippen molar-refractivity contribution in [1.29, 1.82) is 0 Å². The Bertz CT molecular complexity index is 1730. The minimum Gasteiger partial charge on any atom is -0.368 e. The Morgan fingerprint density at radius 2 is 1.47 bits per heavy atom. The number of carbonyl (C=O) groups is 9. The molecule has 1 aromatic carbocycles. The molecule has 0 bridgehead atoms. The van der Waals surface area contributed by atoms with Gasteiger partial charge in [0.1, 0.15) is 18.1 Å². The lowest BCUT2D eigenvalue weighted by atomic mass is 9.95. The molecule has 0 saturated carbocycles. The van der Waals surface area contributed by atoms with Crippen LogP contribution >= 0.6 is 11.8 Å². The Labute approximate surface area is 378 Å². The lowest BCUT2D eigenvalue weighted by molar-refractivity contribution is -0.136. The van der Waals surface area contributed by atoms with Crippen LogP contribution in [0.15, 0.2) is 30.3 Å². The molecule has 2 fully saturated rings. The van der Waals surface area contributed by atoms with Crippen molar-refractivity contribution in [2.45, 2.75) is 132 Å². The summed E-state index contributed by atoms with van der Waals surface area (Å²) in [6.07, 6.45) is 6.51. The van der Waals surface area contributed by atoms with E-state index in [1.807, 2.05) is 42.1 Å². The first kappa shape index (κ1) is 52.9. The first-order valence-electron chi connectivity index (χ1n) is 22.1. The molecule has 2 heterocycles. The molecule has 2 aliphatic rings. The van der Waals surface area contributed by atoms with Crippen molar-refractivity contribution >= 4 is 65.1 Å². The van der Waals surface area contributed by atoms with E-state index in [2.05, 4.69) is 42.5 Å². The number of aryl methyl sites for hydroxylation is 1. The molecular formula is C42H67N11O10S. The van der Waals surface area contributed by atoms with Gasteiger partial charge in [-0.15, -0.1) is 0 Å². The molecule has 7 atom stereocenters. The number of urea groups is 1. The van der Waals surface area contributed by atoms with Gasteiger partial charge in [-0.25, -0.2) is 10.3 Å². The number of hydrogen-bond donors (Lipinski definition) is 12. The Morgan fingerprint density at radius 3 is 2.19 bits per heavy atom. The van der Waals surface area contributed by atoms with Gasteiger partial charge >= 0.3 is 6.03 Å². The third-order valence-electron chi connectivity index (χ3n) is 11.0. The molecule has 1 aromatic rings. The van der Waals surface area contributed by atoms with Crippen molar-refractivity contribution in [1.82, 2.24) is 48.0 Å². The molecule has 0 aliphatic carbocycles. The highest BCUT2D eigenvalue weighted by molar-refractivity contribution is 8.00. The second-order valence-electron chi connectivity index (χ2n) is 16.1. The number of nitrogens with one attached hydrogen (secondary N) is 9. The molecule has 0 radical (unpaired) electrons. The second-order valence-corrected chi connectivity index (χ2v) is 17.4. The number of amides is 10. The van der Waals surface area contributed by atoms with Gasteiger partial charge in [-0.05, 0) is 89.7 Å². The topological polar surface area (TPSA) is 334 Å². The highest BCUT2D eigenvalue weighted by atomic mass is 32.2. The number of benzene rings is 1. The predicted octanol–water partition coefficient (Wildman–Crippen LogP) is -1.15. The van der Waals surface area contributed by atoms with Crippen LogP contribution in [0.3, 0.4) is 0 Å². The number of thioether (sulfide) groups is 1. The third kappa shape index (κ3) is 19.9. The summed E-state index contributed by atoms with van der Waals surface area (Å²) in [4.78, 5) is 112. The van der Waals surface area contributed by atoms with Crippen LogP contribution in [0.5, 0.6) is 0 Å². The van der Waals surface area contributed by atoms with Gasteiger partial charge in [0, 0.05) is 36.3 Å². The van der Waals surface area contributed by atoms with Crippen molar-refractivity contribution in [2.75, 3.05) is 31.9 Å². The van der Waals surface area contributed by atoms with Crippen LogP contribution in [0.1, 0.15) is 96.0 Å². The fourth-order valence-electron chi connectivity index (χ4n) is 7.37. The number of hydrogen-bond acceptors (Lipinski definition) is 12. The molecule has 64 heavy (non-hydrogen) atoms. The maximum Gasteiger partial charge on any atom is 0.315 e. The molecule has 2 aliphatic heterocycles. The second kappa shape index (κ2) is 29.1. The zero-order chi connectivity index (χ0) is 46.9. The number of hydroxylamine groups is 1. The summed E-state index contributed by atoms with van der Waals surface area (Å²) in [5, 5.41) is 30.6. The Hall–Kier alpha value is -5.48. The van der Waals surface area contributed by atoms with Gasteiger partial charge in [0.25, 0.3) is 0 Å². The predicted molar refractivity (Wildman–Crippen MR) is 238 cm³/mol. The summed E-state index contributed by atoms with van der Waals surface area (Å²) in [6, 6.07) is 6.53. The van der Waals surface area contributed by atoms with Gasteiger partial charge in [0.15, 0.2) is 0 Å². The van der Waals surface area contributed by atoms with Crippen molar-refractivity contribution < 1.29 is 48.4 Å². The minimum atomic E-state index is -1.11. The van der Waals surface area contributed by atoms with Gasteiger partial charge in [0.2, 0.25) is 47.3 Å². The molecule has 10 amide bonds. The molecule has 0 spiro atoms. The smallest absolute Gasteiger partial charge is 0.315 e. The number of carbonyl (C=O) groups excluding carboxylic acids is 9. The van der Waals surface area contributed by atoms with Crippen LogP contribution in [0, 0.1) is 5.92 Å². The number of fused-ring (bicyclic) bond motifs is 1. The monoisotopic (exact) mass is 917 g/mol. The summed E-state index contributed by atoms with van der Waals surface area (Å²) < 4.78 is 0. The molecule has 0 aromatic heterocycles. The Morgan fingerprint density at radius 1 is 0.750 bits per heavy atom. The molecule has 356 valence electrons. The van der Waals surface area contributed by atoms with Gasteiger partial charge in [-0.3, -0.25) is 43.6 Å². The van der Waals surface area contributed by atoms with Crippen LogP contribution in [-0.4, -0.2) is 126 Å².